The molecule has 5 nitrogen and oxygen atoms in total. The Balaban J connectivity index is 1.48. The van der Waals surface area contributed by atoms with Crippen molar-refractivity contribution in [1.82, 2.24) is 9.80 Å². The number of hydrogen-bond donors (Lipinski definition) is 0. The van der Waals surface area contributed by atoms with Crippen LogP contribution in [-0.2, 0) is 4.74 Å². The smallest absolute Gasteiger partial charge is 0.255 e. The summed E-state index contributed by atoms with van der Waals surface area (Å²) in [6, 6.07) is 26.8. The molecule has 1 aliphatic heterocycles. The fourth-order valence-electron chi connectivity index (χ4n) is 3.91. The van der Waals surface area contributed by atoms with Crippen molar-refractivity contribution in [3.63, 3.8) is 0 Å². The zero-order chi connectivity index (χ0) is 22.3. The van der Waals surface area contributed by atoms with Gasteiger partial charge < -0.3 is 19.3 Å². The number of para-hydroxylation sites is 1. The predicted molar refractivity (Wildman–Crippen MR) is 126 cm³/mol. The van der Waals surface area contributed by atoms with Crippen molar-refractivity contribution in [2.24, 2.45) is 0 Å². The number of likely N-dealkylation sites (tertiary alicyclic amines) is 1. The van der Waals surface area contributed by atoms with E-state index in [2.05, 4.69) is 11.9 Å². The number of ether oxygens (including phenoxy) is 2. The van der Waals surface area contributed by atoms with Gasteiger partial charge in [0.2, 0.25) is 0 Å². The summed E-state index contributed by atoms with van der Waals surface area (Å²) < 4.78 is 12.3. The maximum absolute atomic E-state index is 13.3. The molecular weight excluding hydrogens is 400 g/mol. The van der Waals surface area contributed by atoms with Crippen molar-refractivity contribution in [1.29, 1.82) is 0 Å². The number of nitrogens with zero attached hydrogens (tertiary/aromatic N) is 2. The summed E-state index contributed by atoms with van der Waals surface area (Å²) in [5, 5.41) is 0. The molecule has 1 unspecified atom stereocenters. The van der Waals surface area contributed by atoms with Crippen LogP contribution in [0.2, 0.25) is 0 Å². The molecule has 32 heavy (non-hydrogen) atoms. The highest BCUT2D eigenvalue weighted by Crippen LogP contribution is 2.28. The number of piperidine rings is 1. The number of carbonyl (C=O) groups excluding carboxylic acids is 1. The first-order valence-corrected chi connectivity index (χ1v) is 11.1. The van der Waals surface area contributed by atoms with Crippen LogP contribution in [0, 0.1) is 0 Å². The van der Waals surface area contributed by atoms with Crippen LogP contribution in [0.5, 0.6) is 11.5 Å². The Morgan fingerprint density at radius 1 is 0.875 bits per heavy atom. The molecule has 0 radical (unpaired) electrons. The minimum Gasteiger partial charge on any atom is -0.457 e. The lowest BCUT2D eigenvalue weighted by Gasteiger charge is -2.35. The van der Waals surface area contributed by atoms with Crippen molar-refractivity contribution < 1.29 is 14.3 Å². The Kier molecular flexibility index (Phi) is 7.20. The number of amides is 1. The monoisotopic (exact) mass is 430 g/mol. The Morgan fingerprint density at radius 2 is 1.44 bits per heavy atom. The second-order valence-electron chi connectivity index (χ2n) is 8.26. The van der Waals surface area contributed by atoms with Gasteiger partial charge in [-0.1, -0.05) is 48.5 Å². The predicted octanol–water partition coefficient (Wildman–Crippen LogP) is 5.36. The molecule has 5 heteroatoms. The maximum Gasteiger partial charge on any atom is 0.255 e. The van der Waals surface area contributed by atoms with E-state index < -0.39 is 6.23 Å². The van der Waals surface area contributed by atoms with Gasteiger partial charge in [-0.2, -0.15) is 0 Å². The van der Waals surface area contributed by atoms with Gasteiger partial charge in [0.1, 0.15) is 11.5 Å². The van der Waals surface area contributed by atoms with Gasteiger partial charge in [0.15, 0.2) is 6.23 Å². The van der Waals surface area contributed by atoms with Gasteiger partial charge in [-0.25, -0.2) is 0 Å². The summed E-state index contributed by atoms with van der Waals surface area (Å²) >= 11 is 0. The minimum atomic E-state index is -0.433. The lowest BCUT2D eigenvalue weighted by Crippen LogP contribution is -2.39. The van der Waals surface area contributed by atoms with Crippen LogP contribution in [0.3, 0.4) is 0 Å². The van der Waals surface area contributed by atoms with Crippen molar-refractivity contribution in [3.8, 4) is 11.5 Å². The van der Waals surface area contributed by atoms with Crippen LogP contribution in [0.4, 0.5) is 0 Å². The highest BCUT2D eigenvalue weighted by Gasteiger charge is 2.28. The molecule has 0 saturated carbocycles. The quantitative estimate of drug-likeness (QED) is 0.473. The Hall–Kier alpha value is -3.15. The second-order valence-corrected chi connectivity index (χ2v) is 8.26. The highest BCUT2D eigenvalue weighted by molar-refractivity contribution is 5.94. The number of rotatable bonds is 7. The normalized spacial score (nSPS) is 15.8. The van der Waals surface area contributed by atoms with Gasteiger partial charge in [-0.3, -0.25) is 4.79 Å². The van der Waals surface area contributed by atoms with E-state index >= 15 is 0 Å². The van der Waals surface area contributed by atoms with E-state index in [0.29, 0.717) is 11.3 Å². The van der Waals surface area contributed by atoms with Gasteiger partial charge in [0.05, 0.1) is 6.10 Å². The lowest BCUT2D eigenvalue weighted by molar-refractivity contribution is -0.0966. The van der Waals surface area contributed by atoms with Crippen LogP contribution < -0.4 is 4.74 Å². The van der Waals surface area contributed by atoms with E-state index in [1.54, 1.807) is 17.0 Å². The molecule has 3 aromatic carbocycles. The number of hydrogen-bond acceptors (Lipinski definition) is 4. The molecule has 1 saturated heterocycles. The van der Waals surface area contributed by atoms with E-state index in [-0.39, 0.29) is 12.0 Å². The third-order valence-electron chi connectivity index (χ3n) is 5.82. The standard InChI is InChI=1S/C27H30N2O3/c1-28-19-17-25(18-20-28)32-27(22-9-5-3-6-10-22)29(2)26(30)21-13-15-24(16-14-21)31-23-11-7-4-8-12-23/h3-16,25,27H,17-20H2,1-2H3. The Labute approximate surface area is 190 Å². The largest absolute Gasteiger partial charge is 0.457 e. The molecule has 0 aliphatic carbocycles. The highest BCUT2D eigenvalue weighted by atomic mass is 16.5. The minimum absolute atomic E-state index is 0.0851. The maximum atomic E-state index is 13.3. The molecule has 1 heterocycles. The third-order valence-corrected chi connectivity index (χ3v) is 5.82. The zero-order valence-corrected chi connectivity index (χ0v) is 18.7. The lowest BCUT2D eigenvalue weighted by atomic mass is 10.1. The fourth-order valence-corrected chi connectivity index (χ4v) is 3.91. The molecule has 166 valence electrons. The number of benzene rings is 3. The summed E-state index contributed by atoms with van der Waals surface area (Å²) in [6.07, 6.45) is 1.63. The fraction of sp³-hybridized carbons (Fsp3) is 0.296. The number of carbonyl (C=O) groups is 1. The van der Waals surface area contributed by atoms with Gasteiger partial charge >= 0.3 is 0 Å². The summed E-state index contributed by atoms with van der Waals surface area (Å²) in [5.74, 6) is 1.37. The van der Waals surface area contributed by atoms with Gasteiger partial charge in [-0.05, 0) is 56.3 Å². The van der Waals surface area contributed by atoms with Crippen LogP contribution in [0.15, 0.2) is 84.9 Å². The summed E-state index contributed by atoms with van der Waals surface area (Å²) in [7, 11) is 3.94. The summed E-state index contributed by atoms with van der Waals surface area (Å²) in [5.41, 5.74) is 1.58. The molecule has 1 fully saturated rings. The van der Waals surface area contributed by atoms with E-state index in [4.69, 9.17) is 9.47 Å². The molecule has 4 rings (SSSR count). The first-order chi connectivity index (χ1) is 15.6. The molecule has 0 spiro atoms. The average molecular weight is 431 g/mol. The van der Waals surface area contributed by atoms with Crippen LogP contribution in [0.1, 0.15) is 35.0 Å². The SMILES string of the molecule is CN1CCC(OC(c2ccccc2)N(C)C(=O)c2ccc(Oc3ccccc3)cc2)CC1. The molecule has 0 bridgehead atoms. The van der Waals surface area contributed by atoms with Gasteiger partial charge in [-0.15, -0.1) is 0 Å². The van der Waals surface area contributed by atoms with Crippen LogP contribution >= 0.6 is 0 Å². The summed E-state index contributed by atoms with van der Waals surface area (Å²) in [6.45, 7) is 2.01. The van der Waals surface area contributed by atoms with Crippen molar-refractivity contribution in [2.75, 3.05) is 27.2 Å². The van der Waals surface area contributed by atoms with E-state index in [1.165, 1.54) is 0 Å². The molecule has 0 aromatic heterocycles. The summed E-state index contributed by atoms with van der Waals surface area (Å²) in [4.78, 5) is 17.3. The first kappa shape index (κ1) is 22.1. The Morgan fingerprint density at radius 3 is 2.06 bits per heavy atom. The first-order valence-electron chi connectivity index (χ1n) is 11.1. The zero-order valence-electron chi connectivity index (χ0n) is 18.7. The van der Waals surface area contributed by atoms with Crippen molar-refractivity contribution >= 4 is 5.91 Å². The molecular formula is C27H30N2O3. The van der Waals surface area contributed by atoms with Crippen LogP contribution in [0.25, 0.3) is 0 Å². The molecule has 1 aliphatic rings. The molecule has 1 atom stereocenters. The van der Waals surface area contributed by atoms with E-state index in [0.717, 1.165) is 37.2 Å². The molecule has 0 N–H and O–H groups in total. The van der Waals surface area contributed by atoms with Crippen LogP contribution in [-0.4, -0.2) is 49.0 Å². The van der Waals surface area contributed by atoms with Crippen molar-refractivity contribution in [3.05, 3.63) is 96.1 Å². The van der Waals surface area contributed by atoms with Gasteiger partial charge in [0.25, 0.3) is 5.91 Å². The Bertz CT molecular complexity index is 984. The molecule has 1 amide bonds. The average Bonchev–Trinajstić information content (AvgIpc) is 2.84. The second kappa shape index (κ2) is 10.4. The van der Waals surface area contributed by atoms with Gasteiger partial charge in [0, 0.05) is 31.3 Å². The third kappa shape index (κ3) is 5.55. The topological polar surface area (TPSA) is 42.0 Å². The van der Waals surface area contributed by atoms with E-state index in [1.807, 2.05) is 79.8 Å². The molecule has 3 aromatic rings. The van der Waals surface area contributed by atoms with Crippen molar-refractivity contribution in [2.45, 2.75) is 25.2 Å². The van der Waals surface area contributed by atoms with E-state index in [9.17, 15) is 4.79 Å².